The van der Waals surface area contributed by atoms with E-state index in [0.29, 0.717) is 23.5 Å². The van der Waals surface area contributed by atoms with E-state index in [2.05, 4.69) is 0 Å². The van der Waals surface area contributed by atoms with Gasteiger partial charge in [-0.15, -0.1) is 0 Å². The molecule has 0 aromatic heterocycles. The molecule has 3 nitrogen and oxygen atoms in total. The van der Waals surface area contributed by atoms with Gasteiger partial charge in [0.25, 0.3) is 0 Å². The van der Waals surface area contributed by atoms with Gasteiger partial charge in [0, 0.05) is 12.0 Å². The van der Waals surface area contributed by atoms with Crippen LogP contribution in [0.25, 0.3) is 0 Å². The van der Waals surface area contributed by atoms with Gasteiger partial charge < -0.3 is 9.47 Å². The molecule has 0 aliphatic heterocycles. The molecule has 0 bridgehead atoms. The van der Waals surface area contributed by atoms with Gasteiger partial charge >= 0.3 is 0 Å². The van der Waals surface area contributed by atoms with Gasteiger partial charge in [0.05, 0.1) is 13.7 Å². The highest BCUT2D eigenvalue weighted by Gasteiger charge is 2.10. The van der Waals surface area contributed by atoms with Gasteiger partial charge in [-0.05, 0) is 36.8 Å². The molecule has 0 saturated carbocycles. The molecule has 4 heteroatoms. The van der Waals surface area contributed by atoms with Crippen molar-refractivity contribution >= 4 is 5.78 Å². The normalized spacial score (nSPS) is 10.2. The molecule has 0 heterocycles. The van der Waals surface area contributed by atoms with Crippen LogP contribution in [0.5, 0.6) is 11.5 Å². The number of halogens is 1. The summed E-state index contributed by atoms with van der Waals surface area (Å²) >= 11 is 0. The van der Waals surface area contributed by atoms with Crippen molar-refractivity contribution in [2.75, 3.05) is 13.7 Å². The second-order valence-corrected chi connectivity index (χ2v) is 4.53. The third kappa shape index (κ3) is 3.81. The fraction of sp³-hybridized carbons (Fsp3) is 0.235. The molecular weight excluding hydrogens is 271 g/mol. The maximum absolute atomic E-state index is 13.6. The largest absolute Gasteiger partial charge is 0.494 e. The van der Waals surface area contributed by atoms with Crippen LogP contribution in [0.1, 0.15) is 22.8 Å². The lowest BCUT2D eigenvalue weighted by molar-refractivity contribution is 0.0992. The summed E-state index contributed by atoms with van der Waals surface area (Å²) in [5, 5.41) is 0. The first-order chi connectivity index (χ1) is 10.1. The van der Waals surface area contributed by atoms with Crippen LogP contribution in [0, 0.1) is 5.82 Å². The summed E-state index contributed by atoms with van der Waals surface area (Å²) in [6.45, 7) is 2.43. The lowest BCUT2D eigenvalue weighted by Crippen LogP contribution is -2.04. The number of ether oxygens (including phenoxy) is 2. The zero-order valence-corrected chi connectivity index (χ0v) is 12.1. The maximum atomic E-state index is 13.6. The predicted octanol–water partition coefficient (Wildman–Crippen LogP) is 3.66. The summed E-state index contributed by atoms with van der Waals surface area (Å²) in [5.41, 5.74) is 1.16. The van der Waals surface area contributed by atoms with E-state index in [4.69, 9.17) is 9.47 Å². The Bertz CT molecular complexity index is 638. The first-order valence-corrected chi connectivity index (χ1v) is 6.72. The molecule has 0 unspecified atom stereocenters. The molecule has 2 rings (SSSR count). The van der Waals surface area contributed by atoms with Crippen molar-refractivity contribution < 1.29 is 18.7 Å². The van der Waals surface area contributed by atoms with Gasteiger partial charge in [0.15, 0.2) is 17.3 Å². The monoisotopic (exact) mass is 288 g/mol. The molecule has 0 atom stereocenters. The molecule has 0 saturated heterocycles. The highest BCUT2D eigenvalue weighted by molar-refractivity contribution is 5.97. The van der Waals surface area contributed by atoms with E-state index in [9.17, 15) is 9.18 Å². The van der Waals surface area contributed by atoms with E-state index in [-0.39, 0.29) is 18.0 Å². The Morgan fingerprint density at radius 2 is 2.00 bits per heavy atom. The molecule has 2 aromatic carbocycles. The number of rotatable bonds is 6. The molecule has 0 radical (unpaired) electrons. The molecule has 0 amide bonds. The maximum Gasteiger partial charge on any atom is 0.167 e. The predicted molar refractivity (Wildman–Crippen MR) is 78.6 cm³/mol. The van der Waals surface area contributed by atoms with Crippen molar-refractivity contribution in [3.8, 4) is 11.5 Å². The molecule has 0 aliphatic carbocycles. The fourth-order valence-electron chi connectivity index (χ4n) is 2.03. The average Bonchev–Trinajstić information content (AvgIpc) is 2.48. The molecule has 0 spiro atoms. The summed E-state index contributed by atoms with van der Waals surface area (Å²) in [5.74, 6) is 0.279. The highest BCUT2D eigenvalue weighted by atomic mass is 19.1. The van der Waals surface area contributed by atoms with Crippen molar-refractivity contribution in [3.05, 3.63) is 59.4 Å². The van der Waals surface area contributed by atoms with Gasteiger partial charge in [0.1, 0.15) is 5.75 Å². The number of carbonyl (C=O) groups excluding carboxylic acids is 1. The third-order valence-electron chi connectivity index (χ3n) is 3.05. The minimum Gasteiger partial charge on any atom is -0.494 e. The van der Waals surface area contributed by atoms with E-state index in [1.807, 2.05) is 6.92 Å². The van der Waals surface area contributed by atoms with Gasteiger partial charge in [0.2, 0.25) is 0 Å². The second-order valence-electron chi connectivity index (χ2n) is 4.53. The van der Waals surface area contributed by atoms with Crippen LogP contribution in [-0.2, 0) is 6.42 Å². The Morgan fingerprint density at radius 1 is 1.19 bits per heavy atom. The molecule has 21 heavy (non-hydrogen) atoms. The Balaban J connectivity index is 2.14. The van der Waals surface area contributed by atoms with Crippen molar-refractivity contribution in [2.45, 2.75) is 13.3 Å². The molecule has 0 aliphatic rings. The topological polar surface area (TPSA) is 35.5 Å². The van der Waals surface area contributed by atoms with Crippen LogP contribution in [0.2, 0.25) is 0 Å². The minimum atomic E-state index is -0.467. The summed E-state index contributed by atoms with van der Waals surface area (Å²) in [4.78, 5) is 12.2. The van der Waals surface area contributed by atoms with E-state index >= 15 is 0 Å². The van der Waals surface area contributed by atoms with Crippen molar-refractivity contribution in [2.24, 2.45) is 0 Å². The minimum absolute atomic E-state index is 0.0823. The Hall–Kier alpha value is -2.36. The molecule has 2 aromatic rings. The van der Waals surface area contributed by atoms with Gasteiger partial charge in [-0.1, -0.05) is 18.2 Å². The van der Waals surface area contributed by atoms with Crippen LogP contribution >= 0.6 is 0 Å². The summed E-state index contributed by atoms with van der Waals surface area (Å²) in [6.07, 6.45) is 0.135. The Morgan fingerprint density at radius 3 is 2.67 bits per heavy atom. The van der Waals surface area contributed by atoms with Crippen molar-refractivity contribution in [3.63, 3.8) is 0 Å². The first-order valence-electron chi connectivity index (χ1n) is 6.72. The number of ketones is 1. The summed E-state index contributed by atoms with van der Waals surface area (Å²) in [7, 11) is 1.41. The van der Waals surface area contributed by atoms with Gasteiger partial charge in [-0.3, -0.25) is 4.79 Å². The number of Topliss-reactive ketones (excluding diaryl/α,β-unsaturated/α-hetero) is 1. The van der Waals surface area contributed by atoms with E-state index in [1.54, 1.807) is 30.3 Å². The van der Waals surface area contributed by atoms with Gasteiger partial charge in [-0.2, -0.15) is 0 Å². The molecule has 0 N–H and O–H groups in total. The number of carbonyl (C=O) groups is 1. The van der Waals surface area contributed by atoms with Crippen molar-refractivity contribution in [1.82, 2.24) is 0 Å². The fourth-order valence-corrected chi connectivity index (χ4v) is 2.03. The van der Waals surface area contributed by atoms with Crippen molar-refractivity contribution in [1.29, 1.82) is 0 Å². The lowest BCUT2D eigenvalue weighted by Gasteiger charge is -2.07. The second kappa shape index (κ2) is 6.88. The molecular formula is C17H17FO3. The quantitative estimate of drug-likeness (QED) is 0.761. The number of hydrogen-bond acceptors (Lipinski definition) is 3. The van der Waals surface area contributed by atoms with Crippen LogP contribution in [0.15, 0.2) is 42.5 Å². The smallest absolute Gasteiger partial charge is 0.167 e. The van der Waals surface area contributed by atoms with Crippen LogP contribution in [-0.4, -0.2) is 19.5 Å². The number of benzene rings is 2. The standard InChI is InChI=1S/C17H17FO3/c1-3-21-14-6-4-5-13(11-14)16(19)10-12-7-8-17(20-2)15(18)9-12/h4-9,11H,3,10H2,1-2H3. The van der Waals surface area contributed by atoms with Gasteiger partial charge in [-0.25, -0.2) is 4.39 Å². The molecule has 0 fully saturated rings. The zero-order valence-electron chi connectivity index (χ0n) is 12.1. The Kier molecular flexibility index (Phi) is 4.93. The zero-order chi connectivity index (χ0) is 15.2. The number of methoxy groups -OCH3 is 1. The third-order valence-corrected chi connectivity index (χ3v) is 3.05. The van der Waals surface area contributed by atoms with E-state index < -0.39 is 5.82 Å². The number of hydrogen-bond donors (Lipinski definition) is 0. The SMILES string of the molecule is CCOc1cccc(C(=O)Cc2ccc(OC)c(F)c2)c1. The average molecular weight is 288 g/mol. The van der Waals surface area contributed by atoms with Crippen LogP contribution in [0.4, 0.5) is 4.39 Å². The molecule has 110 valence electrons. The highest BCUT2D eigenvalue weighted by Crippen LogP contribution is 2.20. The van der Waals surface area contributed by atoms with Crippen LogP contribution in [0.3, 0.4) is 0 Å². The first kappa shape index (κ1) is 15.0. The van der Waals surface area contributed by atoms with Crippen LogP contribution < -0.4 is 9.47 Å². The summed E-state index contributed by atoms with van der Waals surface area (Å²) in [6, 6.07) is 11.5. The Labute approximate surface area is 123 Å². The lowest BCUT2D eigenvalue weighted by atomic mass is 10.0. The summed E-state index contributed by atoms with van der Waals surface area (Å²) < 4.78 is 23.8. The van der Waals surface area contributed by atoms with E-state index in [1.165, 1.54) is 19.2 Å². The van der Waals surface area contributed by atoms with E-state index in [0.717, 1.165) is 0 Å².